The molecule has 2 aromatic heterocycles. The van der Waals surface area contributed by atoms with E-state index in [1.807, 2.05) is 35.9 Å². The highest BCUT2D eigenvalue weighted by Crippen LogP contribution is 2.50. The predicted molar refractivity (Wildman–Crippen MR) is 138 cm³/mol. The number of hydrogen-bond acceptors (Lipinski definition) is 4. The van der Waals surface area contributed by atoms with Crippen molar-refractivity contribution in [2.45, 2.75) is 38.5 Å². The van der Waals surface area contributed by atoms with Crippen LogP contribution in [0.5, 0.6) is 0 Å². The van der Waals surface area contributed by atoms with Gasteiger partial charge in [0.1, 0.15) is 5.82 Å². The Balaban J connectivity index is 1.54. The number of aromatic nitrogens is 2. The van der Waals surface area contributed by atoms with Gasteiger partial charge in [0.25, 0.3) is 0 Å². The molecule has 6 heteroatoms. The normalized spacial score (nSPS) is 19.6. The summed E-state index contributed by atoms with van der Waals surface area (Å²) >= 11 is 7.94. The molecule has 170 valence electrons. The first kappa shape index (κ1) is 21.4. The molecule has 6 rings (SSSR count). The van der Waals surface area contributed by atoms with Gasteiger partial charge in [-0.3, -0.25) is 4.79 Å². The van der Waals surface area contributed by atoms with Crippen LogP contribution >= 0.6 is 22.9 Å². The maximum atomic E-state index is 13.7. The number of allylic oxidation sites excluding steroid dienone is 2. The molecule has 0 spiro atoms. The summed E-state index contributed by atoms with van der Waals surface area (Å²) in [5.74, 6) is 1.18. The number of thiophene rings is 1. The number of Topliss-reactive ketones (excluding diaryl/α,β-unsaturated/α-hetero) is 1. The first-order chi connectivity index (χ1) is 16.5. The van der Waals surface area contributed by atoms with Crippen LogP contribution in [0.25, 0.3) is 5.69 Å². The molecule has 0 unspecified atom stereocenters. The number of ketones is 1. The fourth-order valence-electron chi connectivity index (χ4n) is 5.26. The molecule has 1 aliphatic carbocycles. The van der Waals surface area contributed by atoms with Crippen molar-refractivity contribution in [2.24, 2.45) is 0 Å². The lowest BCUT2D eigenvalue weighted by atomic mass is 9.73. The highest BCUT2D eigenvalue weighted by Gasteiger charge is 2.41. The monoisotopic (exact) mass is 485 g/mol. The summed E-state index contributed by atoms with van der Waals surface area (Å²) in [5, 5.41) is 11.4. The number of benzene rings is 2. The van der Waals surface area contributed by atoms with Gasteiger partial charge in [-0.1, -0.05) is 47.5 Å². The smallest absolute Gasteiger partial charge is 0.162 e. The van der Waals surface area contributed by atoms with Crippen molar-refractivity contribution in [2.75, 3.05) is 5.32 Å². The summed E-state index contributed by atoms with van der Waals surface area (Å²) in [6, 6.07) is 20.5. The van der Waals surface area contributed by atoms with Gasteiger partial charge in [-0.2, -0.15) is 5.10 Å². The van der Waals surface area contributed by atoms with E-state index in [0.717, 1.165) is 46.0 Å². The second-order valence-corrected chi connectivity index (χ2v) is 10.6. The molecule has 0 saturated heterocycles. The molecular weight excluding hydrogens is 462 g/mol. The lowest BCUT2D eigenvalue weighted by Gasteiger charge is -2.35. The van der Waals surface area contributed by atoms with Crippen molar-refractivity contribution < 1.29 is 4.79 Å². The standard InChI is InChI=1S/C28H24ClN3OS/c1-16-5-11-21(12-6-16)32-28-25(17(2)31-32)26(18-7-9-20(29)10-8-18)27-22(30-28)14-19(15-23(27)33)24-4-3-13-34-24/h3-13,19,26,30H,14-15H2,1-2H3/t19-,26+/m0/s1. The third kappa shape index (κ3) is 3.51. The zero-order valence-electron chi connectivity index (χ0n) is 19.0. The van der Waals surface area contributed by atoms with Gasteiger partial charge in [-0.05, 0) is 61.5 Å². The van der Waals surface area contributed by atoms with E-state index in [1.165, 1.54) is 10.4 Å². The van der Waals surface area contributed by atoms with E-state index in [2.05, 4.69) is 54.0 Å². The number of nitrogens with one attached hydrogen (secondary N) is 1. The number of carbonyl (C=O) groups is 1. The molecule has 2 aromatic carbocycles. The number of carbonyl (C=O) groups excluding carboxylic acids is 1. The number of halogens is 1. The molecule has 0 radical (unpaired) electrons. The fourth-order valence-corrected chi connectivity index (χ4v) is 6.22. The van der Waals surface area contributed by atoms with Gasteiger partial charge >= 0.3 is 0 Å². The van der Waals surface area contributed by atoms with Gasteiger partial charge in [0.05, 0.1) is 11.4 Å². The number of nitrogens with zero attached hydrogens (tertiary/aromatic N) is 2. The minimum absolute atomic E-state index is 0.167. The Morgan fingerprint density at radius 1 is 1.03 bits per heavy atom. The van der Waals surface area contributed by atoms with Crippen LogP contribution in [-0.4, -0.2) is 15.6 Å². The van der Waals surface area contributed by atoms with Crippen LogP contribution < -0.4 is 5.32 Å². The highest BCUT2D eigenvalue weighted by molar-refractivity contribution is 7.10. The Bertz CT molecular complexity index is 1420. The summed E-state index contributed by atoms with van der Waals surface area (Å²) in [6.45, 7) is 4.11. The molecule has 2 atom stereocenters. The zero-order valence-corrected chi connectivity index (χ0v) is 20.6. The van der Waals surface area contributed by atoms with Crippen molar-refractivity contribution >= 4 is 34.5 Å². The van der Waals surface area contributed by atoms with Crippen LogP contribution in [0.2, 0.25) is 5.02 Å². The average molecular weight is 486 g/mol. The minimum atomic E-state index is -0.167. The molecule has 0 saturated carbocycles. The molecule has 1 aliphatic heterocycles. The van der Waals surface area contributed by atoms with Crippen LogP contribution in [0.3, 0.4) is 0 Å². The predicted octanol–water partition coefficient (Wildman–Crippen LogP) is 7.16. The Labute approximate surface area is 207 Å². The lowest BCUT2D eigenvalue weighted by molar-refractivity contribution is -0.116. The maximum absolute atomic E-state index is 13.7. The first-order valence-electron chi connectivity index (χ1n) is 11.5. The first-order valence-corrected chi connectivity index (χ1v) is 12.7. The Hall–Kier alpha value is -3.15. The van der Waals surface area contributed by atoms with Crippen molar-refractivity contribution in [3.8, 4) is 5.69 Å². The van der Waals surface area contributed by atoms with Gasteiger partial charge in [-0.15, -0.1) is 11.3 Å². The third-order valence-corrected chi connectivity index (χ3v) is 8.18. The zero-order chi connectivity index (χ0) is 23.4. The van der Waals surface area contributed by atoms with E-state index in [0.29, 0.717) is 11.4 Å². The molecule has 3 heterocycles. The second kappa shape index (κ2) is 8.26. The Morgan fingerprint density at radius 3 is 2.50 bits per heavy atom. The van der Waals surface area contributed by atoms with Gasteiger partial charge in [0.15, 0.2) is 5.78 Å². The molecule has 2 aliphatic rings. The largest absolute Gasteiger partial charge is 0.343 e. The van der Waals surface area contributed by atoms with E-state index in [4.69, 9.17) is 16.7 Å². The number of hydrogen-bond donors (Lipinski definition) is 1. The summed E-state index contributed by atoms with van der Waals surface area (Å²) in [4.78, 5) is 14.9. The lowest BCUT2D eigenvalue weighted by Crippen LogP contribution is -2.30. The number of fused-ring (bicyclic) bond motifs is 1. The second-order valence-electron chi connectivity index (χ2n) is 9.14. The van der Waals surface area contributed by atoms with Crippen molar-refractivity contribution in [1.82, 2.24) is 9.78 Å². The highest BCUT2D eigenvalue weighted by atomic mass is 35.5. The summed E-state index contributed by atoms with van der Waals surface area (Å²) in [6.07, 6.45) is 1.34. The van der Waals surface area contributed by atoms with E-state index in [1.54, 1.807) is 11.3 Å². The fraction of sp³-hybridized carbons (Fsp3) is 0.214. The third-order valence-electron chi connectivity index (χ3n) is 6.89. The van der Waals surface area contributed by atoms with E-state index < -0.39 is 0 Å². The molecule has 0 amide bonds. The summed E-state index contributed by atoms with van der Waals surface area (Å²) in [5.41, 5.74) is 7.12. The van der Waals surface area contributed by atoms with Gasteiger partial charge < -0.3 is 5.32 Å². The number of aryl methyl sites for hydroxylation is 2. The molecule has 1 N–H and O–H groups in total. The van der Waals surface area contributed by atoms with Crippen molar-refractivity contribution in [3.05, 3.63) is 110 Å². The van der Waals surface area contributed by atoms with Crippen molar-refractivity contribution in [3.63, 3.8) is 0 Å². The Kier molecular flexibility index (Phi) is 5.19. The quantitative estimate of drug-likeness (QED) is 0.335. The molecular formula is C28H24ClN3OS. The number of rotatable bonds is 3. The molecule has 34 heavy (non-hydrogen) atoms. The maximum Gasteiger partial charge on any atom is 0.162 e. The van der Waals surface area contributed by atoms with Crippen LogP contribution in [0.1, 0.15) is 51.9 Å². The van der Waals surface area contributed by atoms with Crippen molar-refractivity contribution in [1.29, 1.82) is 0 Å². The average Bonchev–Trinajstić information content (AvgIpc) is 3.48. The molecule has 4 aromatic rings. The van der Waals surface area contributed by atoms with Gasteiger partial charge in [0.2, 0.25) is 0 Å². The summed E-state index contributed by atoms with van der Waals surface area (Å²) in [7, 11) is 0. The van der Waals surface area contributed by atoms with Crippen LogP contribution in [0, 0.1) is 13.8 Å². The van der Waals surface area contributed by atoms with Gasteiger partial charge in [-0.25, -0.2) is 4.68 Å². The van der Waals surface area contributed by atoms with Crippen LogP contribution in [-0.2, 0) is 4.79 Å². The van der Waals surface area contributed by atoms with E-state index >= 15 is 0 Å². The molecule has 0 bridgehead atoms. The van der Waals surface area contributed by atoms with Crippen LogP contribution in [0.4, 0.5) is 5.82 Å². The van der Waals surface area contributed by atoms with Gasteiger partial charge in [0, 0.05) is 45.0 Å². The topological polar surface area (TPSA) is 46.9 Å². The van der Waals surface area contributed by atoms with E-state index in [9.17, 15) is 4.79 Å². The van der Waals surface area contributed by atoms with E-state index in [-0.39, 0.29) is 17.6 Å². The van der Waals surface area contributed by atoms with Crippen LogP contribution in [0.15, 0.2) is 77.3 Å². The Morgan fingerprint density at radius 2 is 1.79 bits per heavy atom. The molecule has 4 nitrogen and oxygen atoms in total. The number of anilines is 1. The minimum Gasteiger partial charge on any atom is -0.343 e. The summed E-state index contributed by atoms with van der Waals surface area (Å²) < 4.78 is 1.98. The SMILES string of the molecule is Cc1ccc(-n2nc(C)c3c2NC2=C(C(=O)C[C@@H](c4cccs4)C2)[C@@H]3c2ccc(Cl)cc2)cc1. The molecule has 0 fully saturated rings.